The lowest BCUT2D eigenvalue weighted by molar-refractivity contribution is 0.400. The standard InChI is InChI=1S/C23H25N5.C13H16N4.C12H12/c1-15-2-5-18-8-17(11-24)4-7-21(18)22(15)9-16-3-6-19(12-25)23(10-16)28-20(13-26)14-27;1-3-10-4-5-11(7-14)13(6-10)16-12-8-15-17(2)9-12;1-2-10-7-8-11-5-3-4-6-12(11)9-10/h3-4,6-8,10,12-15,22,25-26,28H,2,5,9,27H2,1H3;4-9,14,16H,3H2,1-2H3;1,7-9H,3-6H2/b20-14+,25-12?,26-13?;;. The van der Waals surface area contributed by atoms with Crippen molar-refractivity contribution in [2.45, 2.75) is 71.1 Å². The van der Waals surface area contributed by atoms with Crippen molar-refractivity contribution < 1.29 is 0 Å². The number of fused-ring (bicyclic) bond motifs is 2. The fourth-order valence-electron chi connectivity index (χ4n) is 7.48. The molecular formula is C48H53N9. The number of hydrogen-bond donors (Lipinski definition) is 6. The van der Waals surface area contributed by atoms with E-state index < -0.39 is 0 Å². The molecule has 9 heteroatoms. The predicted molar refractivity (Wildman–Crippen MR) is 235 cm³/mol. The lowest BCUT2D eigenvalue weighted by atomic mass is 9.73. The van der Waals surface area contributed by atoms with Crippen molar-refractivity contribution in [1.82, 2.24) is 9.78 Å². The Bertz CT molecular complexity index is 2320. The molecule has 0 fully saturated rings. The molecule has 2 aliphatic carbocycles. The second-order valence-corrected chi connectivity index (χ2v) is 14.6. The molecule has 5 aromatic rings. The summed E-state index contributed by atoms with van der Waals surface area (Å²) in [6, 6.07) is 26.8. The molecule has 290 valence electrons. The Morgan fingerprint density at radius 2 is 1.58 bits per heavy atom. The van der Waals surface area contributed by atoms with E-state index in [-0.39, 0.29) is 0 Å². The van der Waals surface area contributed by atoms with Crippen LogP contribution in [-0.4, -0.2) is 28.4 Å². The van der Waals surface area contributed by atoms with Gasteiger partial charge >= 0.3 is 0 Å². The SMILES string of the molecule is C#Cc1ccc2c(c1)CCCC2.CC1CCc2cc(C#N)ccc2C1Cc1ccc(C=N)c(N/C(C=N)=C/N)c1.CCc1ccc(C=N)c(Nc2cnn(C)c2)c1. The van der Waals surface area contributed by atoms with E-state index in [2.05, 4.69) is 78.0 Å². The van der Waals surface area contributed by atoms with Gasteiger partial charge in [0.05, 0.1) is 29.2 Å². The van der Waals surface area contributed by atoms with Crippen molar-refractivity contribution in [3.63, 3.8) is 0 Å². The molecule has 4 aromatic carbocycles. The van der Waals surface area contributed by atoms with Crippen molar-refractivity contribution in [2.75, 3.05) is 10.6 Å². The molecule has 2 aliphatic rings. The average Bonchev–Trinajstić information content (AvgIpc) is 3.67. The summed E-state index contributed by atoms with van der Waals surface area (Å²) in [5, 5.41) is 42.2. The number of nitrogens with one attached hydrogen (secondary N) is 5. The van der Waals surface area contributed by atoms with E-state index in [4.69, 9.17) is 28.4 Å². The van der Waals surface area contributed by atoms with E-state index in [0.717, 1.165) is 71.2 Å². The third-order valence-electron chi connectivity index (χ3n) is 10.8. The van der Waals surface area contributed by atoms with Crippen LogP contribution in [0.15, 0.2) is 97.1 Å². The minimum atomic E-state index is 0.391. The number of allylic oxidation sites excluding steroid dienone is 1. The summed E-state index contributed by atoms with van der Waals surface area (Å²) in [6.07, 6.45) is 23.3. The highest BCUT2D eigenvalue weighted by atomic mass is 15.3. The molecule has 2 unspecified atom stereocenters. The molecule has 0 amide bonds. The number of rotatable bonds is 10. The van der Waals surface area contributed by atoms with Crippen molar-refractivity contribution in [3.8, 4) is 18.4 Å². The molecule has 0 saturated heterocycles. The second kappa shape index (κ2) is 20.3. The van der Waals surface area contributed by atoms with Gasteiger partial charge in [-0.25, -0.2) is 0 Å². The molecule has 0 saturated carbocycles. The molecule has 7 N–H and O–H groups in total. The van der Waals surface area contributed by atoms with Gasteiger partial charge in [0.1, 0.15) is 0 Å². The molecule has 7 rings (SSSR count). The maximum absolute atomic E-state index is 9.18. The molecule has 0 bridgehead atoms. The maximum atomic E-state index is 9.18. The first kappa shape index (κ1) is 41.5. The smallest absolute Gasteiger partial charge is 0.0991 e. The van der Waals surface area contributed by atoms with Crippen LogP contribution in [0.4, 0.5) is 17.1 Å². The highest BCUT2D eigenvalue weighted by Gasteiger charge is 2.27. The van der Waals surface area contributed by atoms with Gasteiger partial charge in [-0.1, -0.05) is 56.2 Å². The Morgan fingerprint density at radius 3 is 2.23 bits per heavy atom. The zero-order chi connectivity index (χ0) is 40.7. The normalized spacial score (nSPS) is 15.4. The molecule has 1 aromatic heterocycles. The van der Waals surface area contributed by atoms with Gasteiger partial charge in [0.2, 0.25) is 0 Å². The van der Waals surface area contributed by atoms with Gasteiger partial charge in [-0.2, -0.15) is 10.4 Å². The maximum Gasteiger partial charge on any atom is 0.0991 e. The third kappa shape index (κ3) is 11.0. The minimum absolute atomic E-state index is 0.391. The van der Waals surface area contributed by atoms with Gasteiger partial charge in [0, 0.05) is 66.2 Å². The van der Waals surface area contributed by atoms with Gasteiger partial charge in [0.25, 0.3) is 0 Å². The zero-order valence-electron chi connectivity index (χ0n) is 33.2. The van der Waals surface area contributed by atoms with Gasteiger partial charge in [-0.15, -0.1) is 6.42 Å². The van der Waals surface area contributed by atoms with E-state index in [0.29, 0.717) is 17.5 Å². The molecule has 57 heavy (non-hydrogen) atoms. The van der Waals surface area contributed by atoms with Crippen molar-refractivity contribution in [2.24, 2.45) is 18.7 Å². The van der Waals surface area contributed by atoms with Gasteiger partial charge < -0.3 is 32.6 Å². The Balaban J connectivity index is 0.000000180. The fraction of sp³-hybridized carbons (Fsp3) is 0.271. The number of hydrogen-bond acceptors (Lipinski definition) is 8. The second-order valence-electron chi connectivity index (χ2n) is 14.6. The van der Waals surface area contributed by atoms with E-state index in [9.17, 15) is 5.26 Å². The first-order chi connectivity index (χ1) is 27.7. The van der Waals surface area contributed by atoms with Crippen LogP contribution in [0, 0.1) is 45.8 Å². The molecular weight excluding hydrogens is 703 g/mol. The van der Waals surface area contributed by atoms with Crippen LogP contribution in [0.1, 0.15) is 94.7 Å². The molecule has 0 radical (unpaired) electrons. The van der Waals surface area contributed by atoms with E-state index >= 15 is 0 Å². The van der Waals surface area contributed by atoms with Gasteiger partial charge in [0.15, 0.2) is 0 Å². The number of terminal acetylenes is 1. The Hall–Kier alpha value is -6.71. The highest BCUT2D eigenvalue weighted by molar-refractivity contribution is 5.90. The summed E-state index contributed by atoms with van der Waals surface area (Å²) in [5.41, 5.74) is 20.1. The number of benzene rings is 4. The average molecular weight is 756 g/mol. The lowest BCUT2D eigenvalue weighted by Crippen LogP contribution is -2.20. The van der Waals surface area contributed by atoms with Gasteiger partial charge in [-0.05, 0) is 133 Å². The molecule has 9 nitrogen and oxygen atoms in total. The van der Waals surface area contributed by atoms with Gasteiger partial charge in [-0.3, -0.25) is 4.68 Å². The summed E-state index contributed by atoms with van der Waals surface area (Å²) in [4.78, 5) is 0. The Morgan fingerprint density at radius 1 is 0.895 bits per heavy atom. The molecule has 1 heterocycles. The van der Waals surface area contributed by atoms with E-state index in [1.165, 1.54) is 77.7 Å². The lowest BCUT2D eigenvalue weighted by Gasteiger charge is -2.32. The first-order valence-electron chi connectivity index (χ1n) is 19.6. The summed E-state index contributed by atoms with van der Waals surface area (Å²) in [7, 11) is 1.88. The van der Waals surface area contributed by atoms with Crippen LogP contribution in [-0.2, 0) is 39.2 Å². The third-order valence-corrected chi connectivity index (χ3v) is 10.8. The summed E-state index contributed by atoms with van der Waals surface area (Å²) < 4.78 is 1.75. The summed E-state index contributed by atoms with van der Waals surface area (Å²) >= 11 is 0. The quantitative estimate of drug-likeness (QED) is 0.0617. The predicted octanol–water partition coefficient (Wildman–Crippen LogP) is 9.60. The Kier molecular flexibility index (Phi) is 14.7. The number of nitrogens with zero attached hydrogens (tertiary/aromatic N) is 3. The van der Waals surface area contributed by atoms with E-state index in [1.807, 2.05) is 49.6 Å². The fourth-order valence-corrected chi connectivity index (χ4v) is 7.48. The number of aryl methyl sites for hydroxylation is 5. The molecule has 2 atom stereocenters. The highest BCUT2D eigenvalue weighted by Crippen LogP contribution is 2.39. The van der Waals surface area contributed by atoms with Crippen LogP contribution in [0.2, 0.25) is 0 Å². The van der Waals surface area contributed by atoms with Crippen molar-refractivity contribution in [3.05, 3.63) is 153 Å². The topological polar surface area (TPSA) is 163 Å². The Labute approximate surface area is 337 Å². The largest absolute Gasteiger partial charge is 0.403 e. The number of nitrogens with two attached hydrogens (primary N) is 1. The zero-order valence-corrected chi connectivity index (χ0v) is 33.2. The van der Waals surface area contributed by atoms with Crippen LogP contribution in [0.5, 0.6) is 0 Å². The van der Waals surface area contributed by atoms with Crippen LogP contribution >= 0.6 is 0 Å². The van der Waals surface area contributed by atoms with Crippen LogP contribution in [0.25, 0.3) is 0 Å². The molecule has 0 aliphatic heterocycles. The summed E-state index contributed by atoms with van der Waals surface area (Å²) in [6.45, 7) is 4.41. The minimum Gasteiger partial charge on any atom is -0.403 e. The monoisotopic (exact) mass is 755 g/mol. The van der Waals surface area contributed by atoms with E-state index in [1.54, 1.807) is 10.9 Å². The number of nitriles is 1. The number of aromatic nitrogens is 2. The van der Waals surface area contributed by atoms with Crippen molar-refractivity contribution in [1.29, 1.82) is 21.5 Å². The van der Waals surface area contributed by atoms with Crippen molar-refractivity contribution >= 4 is 35.7 Å². The summed E-state index contributed by atoms with van der Waals surface area (Å²) in [5.74, 6) is 3.62. The first-order valence-corrected chi connectivity index (χ1v) is 19.6. The van der Waals surface area contributed by atoms with Crippen LogP contribution in [0.3, 0.4) is 0 Å². The van der Waals surface area contributed by atoms with Crippen LogP contribution < -0.4 is 16.4 Å². The number of anilines is 3. The molecule has 0 spiro atoms.